The standard InChI is InChI=1S/C21H20N2OS/c24-20(18-11-12-18)23(14-13-16-7-3-1-4-8-16)21-22-19(15-25-21)17-9-5-2-6-10-17/h1-10,15,18H,11-14H2. The lowest BCUT2D eigenvalue weighted by molar-refractivity contribution is -0.119. The average molecular weight is 348 g/mol. The molecule has 1 aliphatic carbocycles. The molecule has 0 atom stereocenters. The van der Waals surface area contributed by atoms with Crippen LogP contribution in [0.1, 0.15) is 18.4 Å². The fourth-order valence-corrected chi connectivity index (χ4v) is 3.73. The van der Waals surface area contributed by atoms with E-state index in [1.807, 2.05) is 46.7 Å². The number of anilines is 1. The van der Waals surface area contributed by atoms with Gasteiger partial charge < -0.3 is 0 Å². The monoisotopic (exact) mass is 348 g/mol. The van der Waals surface area contributed by atoms with Crippen molar-refractivity contribution in [1.29, 1.82) is 0 Å². The van der Waals surface area contributed by atoms with Crippen LogP contribution >= 0.6 is 11.3 Å². The van der Waals surface area contributed by atoms with E-state index < -0.39 is 0 Å². The molecule has 0 bridgehead atoms. The molecule has 4 heteroatoms. The fourth-order valence-electron chi connectivity index (χ4n) is 2.87. The number of benzene rings is 2. The molecule has 3 nitrogen and oxygen atoms in total. The lowest BCUT2D eigenvalue weighted by Gasteiger charge is -2.20. The van der Waals surface area contributed by atoms with Crippen LogP contribution in [0.2, 0.25) is 0 Å². The van der Waals surface area contributed by atoms with Gasteiger partial charge in [-0.1, -0.05) is 60.7 Å². The lowest BCUT2D eigenvalue weighted by Crippen LogP contribution is -2.34. The number of amides is 1. The van der Waals surface area contributed by atoms with Gasteiger partial charge in [0.15, 0.2) is 5.13 Å². The molecule has 2 aromatic carbocycles. The first-order valence-electron chi connectivity index (χ1n) is 8.67. The van der Waals surface area contributed by atoms with Crippen molar-refractivity contribution in [2.75, 3.05) is 11.4 Å². The van der Waals surface area contributed by atoms with Gasteiger partial charge in [-0.25, -0.2) is 4.98 Å². The van der Waals surface area contributed by atoms with Crippen LogP contribution in [0.4, 0.5) is 5.13 Å². The zero-order chi connectivity index (χ0) is 17.1. The van der Waals surface area contributed by atoms with Gasteiger partial charge in [0.2, 0.25) is 5.91 Å². The number of carbonyl (C=O) groups excluding carboxylic acids is 1. The number of nitrogens with zero attached hydrogens (tertiary/aromatic N) is 2. The quantitative estimate of drug-likeness (QED) is 0.641. The molecule has 1 fully saturated rings. The Morgan fingerprint density at radius 2 is 1.72 bits per heavy atom. The molecule has 0 radical (unpaired) electrons. The number of thiazole rings is 1. The Morgan fingerprint density at radius 1 is 1.04 bits per heavy atom. The Kier molecular flexibility index (Phi) is 4.61. The first-order valence-corrected chi connectivity index (χ1v) is 9.55. The molecule has 0 spiro atoms. The molecule has 0 saturated heterocycles. The van der Waals surface area contributed by atoms with Crippen molar-refractivity contribution in [2.24, 2.45) is 5.92 Å². The van der Waals surface area contributed by atoms with Gasteiger partial charge in [-0.2, -0.15) is 0 Å². The van der Waals surface area contributed by atoms with Crippen LogP contribution in [0, 0.1) is 5.92 Å². The van der Waals surface area contributed by atoms with Crippen LogP contribution in [0.25, 0.3) is 11.3 Å². The molecule has 0 aliphatic heterocycles. The summed E-state index contributed by atoms with van der Waals surface area (Å²) in [6, 6.07) is 20.4. The minimum atomic E-state index is 0.194. The van der Waals surface area contributed by atoms with Crippen molar-refractivity contribution in [3.05, 3.63) is 71.6 Å². The van der Waals surface area contributed by atoms with Gasteiger partial charge in [0.1, 0.15) is 0 Å². The third-order valence-corrected chi connectivity index (χ3v) is 5.32. The second-order valence-electron chi connectivity index (χ2n) is 6.38. The molecule has 1 heterocycles. The molecule has 1 aromatic heterocycles. The predicted molar refractivity (Wildman–Crippen MR) is 103 cm³/mol. The highest BCUT2D eigenvalue weighted by Crippen LogP contribution is 2.35. The van der Waals surface area contributed by atoms with E-state index in [1.165, 1.54) is 5.56 Å². The average Bonchev–Trinajstić information content (AvgIpc) is 3.41. The Labute approximate surface area is 152 Å². The highest BCUT2D eigenvalue weighted by atomic mass is 32.1. The van der Waals surface area contributed by atoms with E-state index in [-0.39, 0.29) is 11.8 Å². The summed E-state index contributed by atoms with van der Waals surface area (Å²) in [7, 11) is 0. The van der Waals surface area contributed by atoms with Crippen molar-refractivity contribution < 1.29 is 4.79 Å². The summed E-state index contributed by atoms with van der Waals surface area (Å²) < 4.78 is 0. The molecule has 1 amide bonds. The third-order valence-electron chi connectivity index (χ3n) is 4.45. The largest absolute Gasteiger partial charge is 0.288 e. The van der Waals surface area contributed by atoms with E-state index in [0.29, 0.717) is 6.54 Å². The van der Waals surface area contributed by atoms with Gasteiger partial charge >= 0.3 is 0 Å². The Balaban J connectivity index is 1.55. The van der Waals surface area contributed by atoms with Crippen molar-refractivity contribution >= 4 is 22.4 Å². The minimum Gasteiger partial charge on any atom is -0.288 e. The van der Waals surface area contributed by atoms with Crippen LogP contribution in [-0.2, 0) is 11.2 Å². The fraction of sp³-hybridized carbons (Fsp3) is 0.238. The van der Waals surface area contributed by atoms with Gasteiger partial charge in [0, 0.05) is 23.4 Å². The van der Waals surface area contributed by atoms with Gasteiger partial charge in [0.05, 0.1) is 5.69 Å². The smallest absolute Gasteiger partial charge is 0.231 e. The Morgan fingerprint density at radius 3 is 2.40 bits per heavy atom. The van der Waals surface area contributed by atoms with Gasteiger partial charge in [0.25, 0.3) is 0 Å². The van der Waals surface area contributed by atoms with E-state index in [9.17, 15) is 4.79 Å². The number of hydrogen-bond acceptors (Lipinski definition) is 3. The van der Waals surface area contributed by atoms with Crippen molar-refractivity contribution in [2.45, 2.75) is 19.3 Å². The van der Waals surface area contributed by atoms with Gasteiger partial charge in [-0.05, 0) is 24.8 Å². The summed E-state index contributed by atoms with van der Waals surface area (Å²) >= 11 is 1.56. The summed E-state index contributed by atoms with van der Waals surface area (Å²) in [4.78, 5) is 19.4. The molecular weight excluding hydrogens is 328 g/mol. The van der Waals surface area contributed by atoms with Crippen LogP contribution in [0.3, 0.4) is 0 Å². The number of carbonyl (C=O) groups is 1. The molecule has 4 rings (SSSR count). The van der Waals surface area contributed by atoms with Crippen LogP contribution < -0.4 is 4.90 Å². The molecule has 3 aromatic rings. The van der Waals surface area contributed by atoms with Gasteiger partial charge in [-0.15, -0.1) is 11.3 Å². The maximum Gasteiger partial charge on any atom is 0.231 e. The zero-order valence-corrected chi connectivity index (χ0v) is 14.8. The molecule has 126 valence electrons. The van der Waals surface area contributed by atoms with E-state index in [1.54, 1.807) is 11.3 Å². The highest BCUT2D eigenvalue weighted by Gasteiger charge is 2.35. The van der Waals surface area contributed by atoms with Crippen LogP contribution in [0.5, 0.6) is 0 Å². The molecule has 0 N–H and O–H groups in total. The number of hydrogen-bond donors (Lipinski definition) is 0. The van der Waals surface area contributed by atoms with Crippen LogP contribution in [-0.4, -0.2) is 17.4 Å². The van der Waals surface area contributed by atoms with E-state index in [4.69, 9.17) is 4.98 Å². The second-order valence-corrected chi connectivity index (χ2v) is 7.22. The molecule has 1 aliphatic rings. The SMILES string of the molecule is O=C(C1CC1)N(CCc1ccccc1)c1nc(-c2ccccc2)cs1. The summed E-state index contributed by atoms with van der Waals surface area (Å²) in [6.07, 6.45) is 2.87. The Bertz CT molecular complexity index is 841. The van der Waals surface area contributed by atoms with E-state index in [0.717, 1.165) is 35.7 Å². The topological polar surface area (TPSA) is 33.2 Å². The first-order chi connectivity index (χ1) is 12.3. The summed E-state index contributed by atoms with van der Waals surface area (Å²) in [5, 5.41) is 2.85. The van der Waals surface area contributed by atoms with Crippen LogP contribution in [0.15, 0.2) is 66.0 Å². The van der Waals surface area contributed by atoms with E-state index in [2.05, 4.69) is 24.3 Å². The summed E-state index contributed by atoms with van der Waals surface area (Å²) in [6.45, 7) is 0.682. The highest BCUT2D eigenvalue weighted by molar-refractivity contribution is 7.14. The van der Waals surface area contributed by atoms with Crippen molar-refractivity contribution in [3.63, 3.8) is 0 Å². The maximum atomic E-state index is 12.8. The first kappa shape index (κ1) is 16.0. The second kappa shape index (κ2) is 7.19. The molecule has 1 saturated carbocycles. The molecule has 25 heavy (non-hydrogen) atoms. The van der Waals surface area contributed by atoms with Crippen molar-refractivity contribution in [1.82, 2.24) is 4.98 Å². The molecular formula is C21H20N2OS. The van der Waals surface area contributed by atoms with Crippen molar-refractivity contribution in [3.8, 4) is 11.3 Å². The lowest BCUT2D eigenvalue weighted by atomic mass is 10.1. The summed E-state index contributed by atoms with van der Waals surface area (Å²) in [5.74, 6) is 0.421. The molecule has 0 unspecified atom stereocenters. The van der Waals surface area contributed by atoms with E-state index >= 15 is 0 Å². The van der Waals surface area contributed by atoms with Gasteiger partial charge in [-0.3, -0.25) is 9.69 Å². The number of rotatable bonds is 6. The number of aromatic nitrogens is 1. The predicted octanol–water partition coefficient (Wildman–Crippen LogP) is 4.80. The third kappa shape index (κ3) is 3.80. The Hall–Kier alpha value is -2.46. The minimum absolute atomic E-state index is 0.194. The summed E-state index contributed by atoms with van der Waals surface area (Å²) in [5.41, 5.74) is 3.27. The normalized spacial score (nSPS) is 13.6. The maximum absolute atomic E-state index is 12.8. The zero-order valence-electron chi connectivity index (χ0n) is 14.0.